The summed E-state index contributed by atoms with van der Waals surface area (Å²) in [7, 11) is -2.75. The number of sulfonamides is 1. The molecule has 4 N–H and O–H groups in total. The van der Waals surface area contributed by atoms with Crippen LogP contribution in [-0.2, 0) is 16.4 Å². The predicted molar refractivity (Wildman–Crippen MR) is 88.4 cm³/mol. The fraction of sp³-hybridized carbons (Fsp3) is 0.188. The zero-order valence-electron chi connectivity index (χ0n) is 13.4. The molecule has 0 aromatic heterocycles. The van der Waals surface area contributed by atoms with Gasteiger partial charge in [0, 0.05) is 6.42 Å². The maximum absolute atomic E-state index is 13.6. The lowest BCUT2D eigenvalue weighted by Gasteiger charge is -2.04. The predicted octanol–water partition coefficient (Wildman–Crippen LogP) is -0.110. The first-order valence-corrected chi connectivity index (χ1v) is 8.77. The highest BCUT2D eigenvalue weighted by Crippen LogP contribution is 2.15. The Hall–Kier alpha value is -2.68. The van der Waals surface area contributed by atoms with Gasteiger partial charge in [0.15, 0.2) is 0 Å². The normalized spacial score (nSPS) is 12.0. The standard InChI is InChI=1S/C16H17F2N3O3S/c1-24-13-5-2-11(3-6-13)8-9-20-16(19)21-25(22,23)15-10-12(17)4-7-14(15)18/h2-7,10H,8-9H2,1H3,(H3,19,20,21)/p+1. The summed E-state index contributed by atoms with van der Waals surface area (Å²) in [6.07, 6.45) is 0.570. The Labute approximate surface area is 144 Å². The second kappa shape index (κ2) is 7.93. The summed E-state index contributed by atoms with van der Waals surface area (Å²) >= 11 is 0. The van der Waals surface area contributed by atoms with Crippen molar-refractivity contribution in [3.63, 3.8) is 0 Å². The SMILES string of the molecule is COc1ccc(CC[NH+]=C(N)NS(=O)(=O)c2cc(F)ccc2F)cc1. The summed E-state index contributed by atoms with van der Waals surface area (Å²) < 4.78 is 57.8. The molecule has 0 aliphatic rings. The Bertz CT molecular complexity index is 869. The number of hydrogen-bond acceptors (Lipinski definition) is 3. The van der Waals surface area contributed by atoms with Crippen molar-refractivity contribution in [2.45, 2.75) is 11.3 Å². The van der Waals surface area contributed by atoms with Crippen molar-refractivity contribution >= 4 is 16.0 Å². The summed E-state index contributed by atoms with van der Waals surface area (Å²) in [6, 6.07) is 9.48. The van der Waals surface area contributed by atoms with Crippen LogP contribution in [0, 0.1) is 11.6 Å². The molecule has 0 radical (unpaired) electrons. The summed E-state index contributed by atoms with van der Waals surface area (Å²) in [5, 5.41) is 0. The lowest BCUT2D eigenvalue weighted by atomic mass is 10.1. The van der Waals surface area contributed by atoms with Gasteiger partial charge in [-0.15, -0.1) is 0 Å². The van der Waals surface area contributed by atoms with E-state index in [1.54, 1.807) is 19.2 Å². The van der Waals surface area contributed by atoms with E-state index in [-0.39, 0.29) is 5.96 Å². The van der Waals surface area contributed by atoms with Crippen LogP contribution in [-0.4, -0.2) is 28.0 Å². The number of nitrogens with two attached hydrogens (primary N) is 1. The Morgan fingerprint density at radius 2 is 1.88 bits per heavy atom. The maximum atomic E-state index is 13.6. The van der Waals surface area contributed by atoms with Gasteiger partial charge in [0.25, 0.3) is 0 Å². The fourth-order valence-corrected chi connectivity index (χ4v) is 3.12. The van der Waals surface area contributed by atoms with Gasteiger partial charge in [-0.05, 0) is 35.9 Å². The van der Waals surface area contributed by atoms with Crippen LogP contribution in [0.15, 0.2) is 47.4 Å². The van der Waals surface area contributed by atoms with Crippen LogP contribution in [0.3, 0.4) is 0 Å². The first-order valence-electron chi connectivity index (χ1n) is 7.29. The number of methoxy groups -OCH3 is 1. The van der Waals surface area contributed by atoms with Gasteiger partial charge in [-0.25, -0.2) is 8.78 Å². The summed E-state index contributed by atoms with van der Waals surface area (Å²) in [6.45, 7) is 0.340. The summed E-state index contributed by atoms with van der Waals surface area (Å²) in [5.41, 5.74) is 6.56. The highest BCUT2D eigenvalue weighted by molar-refractivity contribution is 7.90. The minimum Gasteiger partial charge on any atom is -0.497 e. The van der Waals surface area contributed by atoms with Crippen molar-refractivity contribution in [2.75, 3.05) is 13.7 Å². The van der Waals surface area contributed by atoms with E-state index < -0.39 is 26.6 Å². The average Bonchev–Trinajstić information content (AvgIpc) is 2.57. The quantitative estimate of drug-likeness (QED) is 0.488. The summed E-state index contributed by atoms with van der Waals surface area (Å²) in [4.78, 5) is 1.86. The van der Waals surface area contributed by atoms with Gasteiger partial charge in [0.05, 0.1) is 13.7 Å². The molecule has 2 rings (SSSR count). The smallest absolute Gasteiger partial charge is 0.356 e. The van der Waals surface area contributed by atoms with E-state index >= 15 is 0 Å². The molecule has 0 fully saturated rings. The highest BCUT2D eigenvalue weighted by Gasteiger charge is 2.24. The molecule has 0 saturated heterocycles. The van der Waals surface area contributed by atoms with Gasteiger partial charge < -0.3 is 4.74 Å². The molecule has 0 bridgehead atoms. The molecule has 6 nitrogen and oxygen atoms in total. The third-order valence-electron chi connectivity index (χ3n) is 3.32. The lowest BCUT2D eigenvalue weighted by Crippen LogP contribution is -2.79. The molecule has 2 aromatic carbocycles. The Morgan fingerprint density at radius 3 is 2.52 bits per heavy atom. The molecule has 25 heavy (non-hydrogen) atoms. The number of hydrogen-bond donors (Lipinski definition) is 3. The van der Waals surface area contributed by atoms with E-state index in [0.717, 1.165) is 23.4 Å². The van der Waals surface area contributed by atoms with Gasteiger partial charge >= 0.3 is 16.0 Å². The Kier molecular flexibility index (Phi) is 5.92. The molecule has 0 aliphatic heterocycles. The number of halogens is 2. The van der Waals surface area contributed by atoms with Crippen LogP contribution < -0.4 is 20.2 Å². The number of benzene rings is 2. The maximum Gasteiger partial charge on any atom is 0.356 e. The molecule has 0 aliphatic carbocycles. The van der Waals surface area contributed by atoms with E-state index in [2.05, 4.69) is 4.99 Å². The van der Waals surface area contributed by atoms with E-state index in [4.69, 9.17) is 10.5 Å². The molecule has 9 heteroatoms. The third kappa shape index (κ3) is 5.15. The van der Waals surface area contributed by atoms with Crippen molar-refractivity contribution in [1.29, 1.82) is 0 Å². The fourth-order valence-electron chi connectivity index (χ4n) is 2.05. The number of rotatable bonds is 6. The van der Waals surface area contributed by atoms with Gasteiger partial charge in [0.1, 0.15) is 22.3 Å². The third-order valence-corrected chi connectivity index (χ3v) is 4.70. The lowest BCUT2D eigenvalue weighted by molar-refractivity contribution is -0.459. The van der Waals surface area contributed by atoms with Crippen LogP contribution in [0.1, 0.15) is 5.56 Å². The van der Waals surface area contributed by atoms with E-state index in [1.165, 1.54) is 0 Å². The zero-order valence-corrected chi connectivity index (χ0v) is 14.2. The Balaban J connectivity index is 2.00. The van der Waals surface area contributed by atoms with Crippen LogP contribution >= 0.6 is 0 Å². The van der Waals surface area contributed by atoms with Crippen molar-refractivity contribution < 1.29 is 26.9 Å². The number of ether oxygens (including phenoxy) is 1. The largest absolute Gasteiger partial charge is 0.497 e. The van der Waals surface area contributed by atoms with Crippen molar-refractivity contribution in [3.8, 4) is 5.75 Å². The van der Waals surface area contributed by atoms with E-state index in [1.807, 2.05) is 16.9 Å². The van der Waals surface area contributed by atoms with Crippen molar-refractivity contribution in [1.82, 2.24) is 4.72 Å². The molecule has 0 amide bonds. The molecular formula is C16H18F2N3O3S+. The molecule has 2 aromatic rings. The molecule has 0 unspecified atom stereocenters. The zero-order chi connectivity index (χ0) is 18.4. The number of nitrogens with one attached hydrogen (secondary N) is 2. The van der Waals surface area contributed by atoms with Crippen LogP contribution in [0.4, 0.5) is 8.78 Å². The van der Waals surface area contributed by atoms with Crippen molar-refractivity contribution in [3.05, 3.63) is 59.7 Å². The summed E-state index contributed by atoms with van der Waals surface area (Å²) in [5.74, 6) is -1.49. The van der Waals surface area contributed by atoms with Gasteiger partial charge in [0.2, 0.25) is 0 Å². The van der Waals surface area contributed by atoms with Crippen LogP contribution in [0.25, 0.3) is 0 Å². The Morgan fingerprint density at radius 1 is 1.20 bits per heavy atom. The van der Waals surface area contributed by atoms with Gasteiger partial charge in [-0.3, -0.25) is 10.7 Å². The number of guanidine groups is 1. The molecule has 0 spiro atoms. The first kappa shape index (κ1) is 18.7. The minimum atomic E-state index is -4.32. The first-order chi connectivity index (χ1) is 11.8. The van der Waals surface area contributed by atoms with E-state index in [9.17, 15) is 17.2 Å². The molecule has 0 saturated carbocycles. The van der Waals surface area contributed by atoms with Crippen molar-refractivity contribution in [2.24, 2.45) is 5.73 Å². The average molecular weight is 370 g/mol. The molecule has 134 valence electrons. The second-order valence-corrected chi connectivity index (χ2v) is 6.77. The molecular weight excluding hydrogens is 352 g/mol. The van der Waals surface area contributed by atoms with Gasteiger partial charge in [-0.2, -0.15) is 13.1 Å². The highest BCUT2D eigenvalue weighted by atomic mass is 32.2. The minimum absolute atomic E-state index is 0.280. The molecule has 0 atom stereocenters. The topological polar surface area (TPSA) is 95.4 Å². The van der Waals surface area contributed by atoms with Crippen LogP contribution in [0.5, 0.6) is 5.75 Å². The molecule has 0 heterocycles. The van der Waals surface area contributed by atoms with E-state index in [0.29, 0.717) is 19.0 Å². The second-order valence-electron chi connectivity index (χ2n) is 5.12. The monoisotopic (exact) mass is 370 g/mol. The van der Waals surface area contributed by atoms with Gasteiger partial charge in [-0.1, -0.05) is 12.1 Å². The van der Waals surface area contributed by atoms with Crippen LogP contribution in [0.2, 0.25) is 0 Å².